The highest BCUT2D eigenvalue weighted by atomic mass is 19.3. The summed E-state index contributed by atoms with van der Waals surface area (Å²) in [6, 6.07) is 0. The minimum absolute atomic E-state index is 2.21. The molecule has 0 rings (SSSR count). The zero-order chi connectivity index (χ0) is 9.78. The number of hydrogen-bond acceptors (Lipinski definition) is 2. The van der Waals surface area contributed by atoms with Crippen molar-refractivity contribution in [3.8, 4) is 0 Å². The number of alkyl halides is 3. The minimum atomic E-state index is -4.52. The molecule has 8 heteroatoms. The average molecular weight is 196 g/mol. The van der Waals surface area contributed by atoms with E-state index in [0.29, 0.717) is 0 Å². The molecule has 0 aromatic carbocycles. The number of halogens is 6. The van der Waals surface area contributed by atoms with Gasteiger partial charge in [0.15, 0.2) is 6.67 Å². The fourth-order valence-corrected chi connectivity index (χ4v) is 0.246. The van der Waals surface area contributed by atoms with Gasteiger partial charge in [-0.05, 0) is 0 Å². The Morgan fingerprint density at radius 3 is 2.00 bits per heavy atom. The molecular formula is C4H2F6O2. The van der Waals surface area contributed by atoms with Crippen LogP contribution < -0.4 is 0 Å². The van der Waals surface area contributed by atoms with Gasteiger partial charge in [0, 0.05) is 4.53 Å². The third-order valence-electron chi connectivity index (χ3n) is 0.622. The van der Waals surface area contributed by atoms with Gasteiger partial charge >= 0.3 is 18.1 Å². The van der Waals surface area contributed by atoms with E-state index in [2.05, 4.69) is 9.68 Å². The van der Waals surface area contributed by atoms with Crippen molar-refractivity contribution < 1.29 is 36.2 Å². The van der Waals surface area contributed by atoms with Crippen LogP contribution in [-0.4, -0.2) is 12.8 Å². The molecule has 0 atom stereocenters. The van der Waals surface area contributed by atoms with E-state index in [1.54, 1.807) is 0 Å². The molecule has 12 heavy (non-hydrogen) atoms. The molecule has 72 valence electrons. The molecule has 0 N–H and O–H groups in total. The number of rotatable bonds is 4. The van der Waals surface area contributed by atoms with E-state index in [1.165, 1.54) is 0 Å². The van der Waals surface area contributed by atoms with Gasteiger partial charge in [-0.3, -0.25) is 0 Å². The zero-order valence-electron chi connectivity index (χ0n) is 5.29. The van der Waals surface area contributed by atoms with Crippen LogP contribution in [0.3, 0.4) is 0 Å². The first-order chi connectivity index (χ1) is 5.43. The van der Waals surface area contributed by atoms with Gasteiger partial charge in [0.1, 0.15) is 0 Å². The van der Waals surface area contributed by atoms with Crippen LogP contribution in [0.2, 0.25) is 0 Å². The van der Waals surface area contributed by atoms with Crippen molar-refractivity contribution >= 4 is 0 Å². The van der Waals surface area contributed by atoms with Gasteiger partial charge in [0.25, 0.3) is 0 Å². The monoisotopic (exact) mass is 196 g/mol. The molecule has 0 saturated carbocycles. The van der Waals surface area contributed by atoms with Gasteiger partial charge in [0.2, 0.25) is 0 Å². The van der Waals surface area contributed by atoms with Crippen molar-refractivity contribution in [2.24, 2.45) is 0 Å². The quantitative estimate of drug-likeness (QED) is 0.508. The Bertz CT molecular complexity index is 174. The summed E-state index contributed by atoms with van der Waals surface area (Å²) in [6.45, 7) is -2.37. The molecule has 0 fully saturated rings. The molecule has 0 radical (unpaired) electrons. The van der Waals surface area contributed by atoms with E-state index in [0.717, 1.165) is 0 Å². The lowest BCUT2D eigenvalue weighted by atomic mass is 10.7. The van der Waals surface area contributed by atoms with Gasteiger partial charge < -0.3 is 4.74 Å². The van der Waals surface area contributed by atoms with Crippen molar-refractivity contribution in [1.82, 2.24) is 0 Å². The van der Waals surface area contributed by atoms with E-state index in [1.807, 2.05) is 0 Å². The smallest absolute Gasteiger partial charge is 0.392 e. The maximum atomic E-state index is 11.7. The molecule has 0 unspecified atom stereocenters. The third kappa shape index (κ3) is 3.35. The van der Waals surface area contributed by atoms with Crippen molar-refractivity contribution in [2.45, 2.75) is 6.11 Å². The van der Waals surface area contributed by atoms with Crippen molar-refractivity contribution in [1.29, 1.82) is 0 Å². The molecule has 0 heterocycles. The molecule has 0 bridgehead atoms. The van der Waals surface area contributed by atoms with Crippen LogP contribution in [0.4, 0.5) is 26.5 Å². The summed E-state index contributed by atoms with van der Waals surface area (Å²) in [5.41, 5.74) is 0. The SMILES string of the molecule is FCC(F)(F)OC(OF)=C(F)F. The van der Waals surface area contributed by atoms with Crippen LogP contribution >= 0.6 is 0 Å². The molecule has 0 saturated heterocycles. The van der Waals surface area contributed by atoms with Crippen LogP contribution in [-0.2, 0) is 9.68 Å². The standard InChI is InChI=1S/C4H2F6O2/c5-1-4(8,9)11-3(12-10)2(6)7/h1H2. The Balaban J connectivity index is 4.32. The maximum Gasteiger partial charge on any atom is 0.429 e. The topological polar surface area (TPSA) is 18.5 Å². The van der Waals surface area contributed by atoms with Crippen LogP contribution in [0.25, 0.3) is 0 Å². The lowest BCUT2D eigenvalue weighted by Crippen LogP contribution is -2.23. The number of hydrogen-bond donors (Lipinski definition) is 0. The highest BCUT2D eigenvalue weighted by Crippen LogP contribution is 2.23. The Kier molecular flexibility index (Phi) is 3.71. The fraction of sp³-hybridized carbons (Fsp3) is 0.500. The Labute approximate surface area is 62.3 Å². The molecule has 0 amide bonds. The first-order valence-electron chi connectivity index (χ1n) is 2.39. The summed E-state index contributed by atoms with van der Waals surface area (Å²) in [6.07, 6.45) is -7.48. The summed E-state index contributed by atoms with van der Waals surface area (Å²) < 4.78 is 71.1. The van der Waals surface area contributed by atoms with Crippen LogP contribution in [0, 0.1) is 0 Å². The van der Waals surface area contributed by atoms with Crippen molar-refractivity contribution in [3.05, 3.63) is 12.0 Å². The third-order valence-corrected chi connectivity index (χ3v) is 0.622. The largest absolute Gasteiger partial charge is 0.429 e. The van der Waals surface area contributed by atoms with E-state index < -0.39 is 24.8 Å². The maximum absolute atomic E-state index is 11.7. The Morgan fingerprint density at radius 2 is 1.75 bits per heavy atom. The van der Waals surface area contributed by atoms with Crippen LogP contribution in [0.15, 0.2) is 12.0 Å². The lowest BCUT2D eigenvalue weighted by molar-refractivity contribution is -0.280. The predicted octanol–water partition coefficient (Wildman–Crippen LogP) is 2.53. The molecule has 0 spiro atoms. The summed E-state index contributed by atoms with van der Waals surface area (Å²) in [5, 5.41) is 0. The predicted molar refractivity (Wildman–Crippen MR) is 23.4 cm³/mol. The lowest BCUT2D eigenvalue weighted by Gasteiger charge is -2.12. The second-order valence-corrected chi connectivity index (χ2v) is 1.50. The summed E-state index contributed by atoms with van der Waals surface area (Å²) >= 11 is 0. The normalized spacial score (nSPS) is 10.8. The second-order valence-electron chi connectivity index (χ2n) is 1.50. The highest BCUT2D eigenvalue weighted by molar-refractivity contribution is 4.82. The first-order valence-corrected chi connectivity index (χ1v) is 2.39. The molecule has 0 aliphatic rings. The van der Waals surface area contributed by atoms with Crippen molar-refractivity contribution in [3.63, 3.8) is 0 Å². The average Bonchev–Trinajstić information content (AvgIpc) is 2.00. The molecule has 0 aliphatic heterocycles. The van der Waals surface area contributed by atoms with Crippen LogP contribution in [0.5, 0.6) is 0 Å². The molecular weight excluding hydrogens is 194 g/mol. The molecule has 0 aliphatic carbocycles. The molecule has 0 aromatic rings. The minimum Gasteiger partial charge on any atom is -0.392 e. The highest BCUT2D eigenvalue weighted by Gasteiger charge is 2.35. The van der Waals surface area contributed by atoms with E-state index in [4.69, 9.17) is 0 Å². The van der Waals surface area contributed by atoms with E-state index in [-0.39, 0.29) is 0 Å². The van der Waals surface area contributed by atoms with Gasteiger partial charge in [-0.2, -0.15) is 17.6 Å². The Hall–Kier alpha value is -1.08. The Morgan fingerprint density at radius 1 is 1.25 bits per heavy atom. The van der Waals surface area contributed by atoms with Gasteiger partial charge in [0.05, 0.1) is 0 Å². The summed E-state index contributed by atoms with van der Waals surface area (Å²) in [7, 11) is 0. The van der Waals surface area contributed by atoms with E-state index >= 15 is 0 Å². The number of ether oxygens (including phenoxy) is 1. The fourth-order valence-electron chi connectivity index (χ4n) is 0.246. The second kappa shape index (κ2) is 4.07. The van der Waals surface area contributed by atoms with Gasteiger partial charge in [-0.25, -0.2) is 9.33 Å². The molecule has 2 nitrogen and oxygen atoms in total. The summed E-state index contributed by atoms with van der Waals surface area (Å²) in [4.78, 5) is 2.21. The van der Waals surface area contributed by atoms with Gasteiger partial charge in [-0.1, -0.05) is 0 Å². The summed E-state index contributed by atoms with van der Waals surface area (Å²) in [5.74, 6) is -2.35. The first kappa shape index (κ1) is 10.9. The van der Waals surface area contributed by atoms with Crippen molar-refractivity contribution in [2.75, 3.05) is 6.67 Å². The van der Waals surface area contributed by atoms with Crippen LogP contribution in [0.1, 0.15) is 0 Å². The van der Waals surface area contributed by atoms with Gasteiger partial charge in [-0.15, -0.1) is 0 Å². The van der Waals surface area contributed by atoms with E-state index in [9.17, 15) is 26.5 Å². The zero-order valence-corrected chi connectivity index (χ0v) is 5.29. The molecule has 0 aromatic heterocycles.